The van der Waals surface area contributed by atoms with Gasteiger partial charge in [0, 0.05) is 0 Å². The van der Waals surface area contributed by atoms with E-state index in [2.05, 4.69) is 13.8 Å². The lowest BCUT2D eigenvalue weighted by Crippen LogP contribution is -2.11. The van der Waals surface area contributed by atoms with Crippen LogP contribution < -0.4 is 9.47 Å². The number of ether oxygens (including phenoxy) is 2. The molecule has 1 unspecified atom stereocenters. The second kappa shape index (κ2) is 6.50. The van der Waals surface area contributed by atoms with Crippen molar-refractivity contribution in [3.63, 3.8) is 0 Å². The summed E-state index contributed by atoms with van der Waals surface area (Å²) >= 11 is 0. The Kier molecular flexibility index (Phi) is 5.29. The highest BCUT2D eigenvalue weighted by atomic mass is 16.5. The molecule has 0 saturated heterocycles. The van der Waals surface area contributed by atoms with Crippen LogP contribution in [0.25, 0.3) is 0 Å². The van der Waals surface area contributed by atoms with E-state index in [0.717, 1.165) is 18.4 Å². The van der Waals surface area contributed by atoms with Crippen molar-refractivity contribution in [2.45, 2.75) is 32.8 Å². The van der Waals surface area contributed by atoms with Crippen LogP contribution >= 0.6 is 0 Å². The van der Waals surface area contributed by atoms with Crippen LogP contribution in [0, 0.1) is 5.92 Å². The molecule has 17 heavy (non-hydrogen) atoms. The Labute approximate surface area is 103 Å². The molecule has 0 aliphatic rings. The fourth-order valence-corrected chi connectivity index (χ4v) is 2.04. The van der Waals surface area contributed by atoms with Crippen molar-refractivity contribution < 1.29 is 14.6 Å². The van der Waals surface area contributed by atoms with Crippen molar-refractivity contribution in [2.24, 2.45) is 5.92 Å². The number of rotatable bonds is 6. The Morgan fingerprint density at radius 3 is 2.12 bits per heavy atom. The third kappa shape index (κ3) is 3.13. The lowest BCUT2D eigenvalue weighted by molar-refractivity contribution is 0.103. The molecule has 0 heterocycles. The molecule has 0 fully saturated rings. The zero-order valence-corrected chi connectivity index (χ0v) is 11.1. The SMILES string of the molecule is CCC(CC)C(O)c1ccc(OC)c(OC)c1. The van der Waals surface area contributed by atoms with Crippen LogP contribution in [0.4, 0.5) is 0 Å². The Morgan fingerprint density at radius 1 is 1.06 bits per heavy atom. The predicted octanol–water partition coefficient (Wildman–Crippen LogP) is 3.17. The molecule has 3 heteroatoms. The summed E-state index contributed by atoms with van der Waals surface area (Å²) in [7, 11) is 3.21. The van der Waals surface area contributed by atoms with Gasteiger partial charge in [0.1, 0.15) is 0 Å². The van der Waals surface area contributed by atoms with Gasteiger partial charge < -0.3 is 14.6 Å². The molecule has 0 radical (unpaired) electrons. The highest BCUT2D eigenvalue weighted by Gasteiger charge is 2.19. The number of methoxy groups -OCH3 is 2. The molecule has 96 valence electrons. The van der Waals surface area contributed by atoms with Crippen molar-refractivity contribution in [1.82, 2.24) is 0 Å². The lowest BCUT2D eigenvalue weighted by Gasteiger charge is -2.21. The normalized spacial score (nSPS) is 12.6. The summed E-state index contributed by atoms with van der Waals surface area (Å²) in [5.41, 5.74) is 0.886. The summed E-state index contributed by atoms with van der Waals surface area (Å²) in [6.07, 6.45) is 1.49. The van der Waals surface area contributed by atoms with Gasteiger partial charge in [-0.1, -0.05) is 32.8 Å². The van der Waals surface area contributed by atoms with Crippen LogP contribution in [0.2, 0.25) is 0 Å². The molecule has 1 aromatic rings. The second-order valence-electron chi connectivity index (χ2n) is 4.14. The molecular weight excluding hydrogens is 216 g/mol. The average Bonchev–Trinajstić information content (AvgIpc) is 2.39. The summed E-state index contributed by atoms with van der Waals surface area (Å²) in [5.74, 6) is 1.64. The number of aliphatic hydroxyl groups is 1. The number of benzene rings is 1. The molecule has 1 rings (SSSR count). The van der Waals surface area contributed by atoms with E-state index in [1.165, 1.54) is 0 Å². The summed E-state index contributed by atoms with van der Waals surface area (Å²) in [6, 6.07) is 5.58. The minimum atomic E-state index is -0.440. The standard InChI is InChI=1S/C14H22O3/c1-5-10(6-2)14(15)11-7-8-12(16-3)13(9-11)17-4/h7-10,14-15H,5-6H2,1-4H3. The van der Waals surface area contributed by atoms with E-state index in [4.69, 9.17) is 9.47 Å². The Bertz CT molecular complexity index is 345. The van der Waals surface area contributed by atoms with E-state index in [1.54, 1.807) is 14.2 Å². The van der Waals surface area contributed by atoms with Crippen LogP contribution in [0.15, 0.2) is 18.2 Å². The van der Waals surface area contributed by atoms with Gasteiger partial charge in [0.15, 0.2) is 11.5 Å². The first-order valence-electron chi connectivity index (χ1n) is 6.07. The van der Waals surface area contributed by atoms with Gasteiger partial charge in [0.25, 0.3) is 0 Å². The van der Waals surface area contributed by atoms with Gasteiger partial charge in [-0.3, -0.25) is 0 Å². The maximum atomic E-state index is 10.3. The van der Waals surface area contributed by atoms with E-state index in [0.29, 0.717) is 11.5 Å². The van der Waals surface area contributed by atoms with Crippen LogP contribution in [0.3, 0.4) is 0 Å². The Hall–Kier alpha value is -1.22. The fraction of sp³-hybridized carbons (Fsp3) is 0.571. The molecule has 1 aromatic carbocycles. The molecule has 1 N–H and O–H groups in total. The van der Waals surface area contributed by atoms with Crippen molar-refractivity contribution in [3.8, 4) is 11.5 Å². The third-order valence-electron chi connectivity index (χ3n) is 3.24. The maximum Gasteiger partial charge on any atom is 0.161 e. The van der Waals surface area contributed by atoms with Gasteiger partial charge in [-0.2, -0.15) is 0 Å². The van der Waals surface area contributed by atoms with Crippen molar-refractivity contribution in [3.05, 3.63) is 23.8 Å². The molecule has 0 aromatic heterocycles. The first-order valence-corrected chi connectivity index (χ1v) is 6.07. The number of hydrogen-bond acceptors (Lipinski definition) is 3. The number of hydrogen-bond donors (Lipinski definition) is 1. The van der Waals surface area contributed by atoms with Crippen LogP contribution in [-0.2, 0) is 0 Å². The van der Waals surface area contributed by atoms with Gasteiger partial charge in [0.05, 0.1) is 20.3 Å². The van der Waals surface area contributed by atoms with E-state index in [-0.39, 0.29) is 5.92 Å². The first kappa shape index (κ1) is 13.8. The van der Waals surface area contributed by atoms with Gasteiger partial charge >= 0.3 is 0 Å². The van der Waals surface area contributed by atoms with Crippen molar-refractivity contribution in [1.29, 1.82) is 0 Å². The first-order chi connectivity index (χ1) is 8.17. The fourth-order valence-electron chi connectivity index (χ4n) is 2.04. The maximum absolute atomic E-state index is 10.3. The average molecular weight is 238 g/mol. The lowest BCUT2D eigenvalue weighted by atomic mass is 9.91. The van der Waals surface area contributed by atoms with Gasteiger partial charge in [0.2, 0.25) is 0 Å². The summed E-state index contributed by atoms with van der Waals surface area (Å²) in [5, 5.41) is 10.3. The topological polar surface area (TPSA) is 38.7 Å². The summed E-state index contributed by atoms with van der Waals surface area (Å²) < 4.78 is 10.4. The molecule has 0 aliphatic carbocycles. The highest BCUT2D eigenvalue weighted by molar-refractivity contribution is 5.43. The molecule has 0 aliphatic heterocycles. The largest absolute Gasteiger partial charge is 0.493 e. The molecule has 3 nitrogen and oxygen atoms in total. The van der Waals surface area contributed by atoms with Crippen LogP contribution in [0.5, 0.6) is 11.5 Å². The second-order valence-corrected chi connectivity index (χ2v) is 4.14. The molecule has 0 saturated carbocycles. The van der Waals surface area contributed by atoms with Crippen LogP contribution in [0.1, 0.15) is 38.4 Å². The zero-order chi connectivity index (χ0) is 12.8. The third-order valence-corrected chi connectivity index (χ3v) is 3.24. The minimum Gasteiger partial charge on any atom is -0.493 e. The van der Waals surface area contributed by atoms with Gasteiger partial charge in [-0.15, -0.1) is 0 Å². The summed E-state index contributed by atoms with van der Waals surface area (Å²) in [4.78, 5) is 0. The number of aliphatic hydroxyl groups excluding tert-OH is 1. The predicted molar refractivity (Wildman–Crippen MR) is 68.6 cm³/mol. The smallest absolute Gasteiger partial charge is 0.161 e. The quantitative estimate of drug-likeness (QED) is 0.827. The van der Waals surface area contributed by atoms with Crippen LogP contribution in [-0.4, -0.2) is 19.3 Å². The van der Waals surface area contributed by atoms with Gasteiger partial charge in [-0.05, 0) is 23.6 Å². The van der Waals surface area contributed by atoms with Crippen molar-refractivity contribution in [2.75, 3.05) is 14.2 Å². The molecule has 0 amide bonds. The monoisotopic (exact) mass is 238 g/mol. The van der Waals surface area contributed by atoms with E-state index >= 15 is 0 Å². The van der Waals surface area contributed by atoms with E-state index in [1.807, 2.05) is 18.2 Å². The zero-order valence-electron chi connectivity index (χ0n) is 11.1. The molecular formula is C14H22O3. The van der Waals surface area contributed by atoms with Crippen molar-refractivity contribution >= 4 is 0 Å². The molecule has 1 atom stereocenters. The molecule has 0 bridgehead atoms. The minimum absolute atomic E-state index is 0.285. The Balaban J connectivity index is 2.98. The molecule has 0 spiro atoms. The van der Waals surface area contributed by atoms with Gasteiger partial charge in [-0.25, -0.2) is 0 Å². The van der Waals surface area contributed by atoms with E-state index < -0.39 is 6.10 Å². The highest BCUT2D eigenvalue weighted by Crippen LogP contribution is 2.33. The summed E-state index contributed by atoms with van der Waals surface area (Å²) in [6.45, 7) is 4.19. The van der Waals surface area contributed by atoms with E-state index in [9.17, 15) is 5.11 Å². The Morgan fingerprint density at radius 2 is 1.65 bits per heavy atom.